The Kier molecular flexibility index (Phi) is 9.65. The minimum Gasteiger partial charge on any atom is -0.394 e. The van der Waals surface area contributed by atoms with Crippen LogP contribution in [0.25, 0.3) is 11.3 Å². The number of nitrogens with zero attached hydrogens (tertiary/aromatic N) is 3. The summed E-state index contributed by atoms with van der Waals surface area (Å²) in [6.07, 6.45) is 1.72. The average Bonchev–Trinajstić information content (AvgIpc) is 3.49. The number of amides is 4. The minimum absolute atomic E-state index is 0.123. The van der Waals surface area contributed by atoms with Crippen LogP contribution in [0.15, 0.2) is 36.5 Å². The first-order chi connectivity index (χ1) is 17.7. The minimum atomic E-state index is -0.785. The van der Waals surface area contributed by atoms with Crippen LogP contribution in [0.3, 0.4) is 0 Å². The third-order valence-electron chi connectivity index (χ3n) is 6.87. The predicted octanol–water partition coefficient (Wildman–Crippen LogP) is 1.01. The standard InChI is InChI=1S/C26H38N6O5/c1-4-20(16(2)3)25(36)31-14-19(34)13-23(31)24(35)30-21(15-33)17-5-7-18(8-6-17)22-9-10-29-32(22)12-11-28-26(27)37/h5-10,16,19-21,23,33-34H,4,11-15H2,1-3H3,(H,30,35)(H3,27,28,37)/t19-,20+,21+,23+/m1/s1. The molecule has 0 spiro atoms. The topological polar surface area (TPSA) is 163 Å². The summed E-state index contributed by atoms with van der Waals surface area (Å²) in [6.45, 7) is 6.48. The highest BCUT2D eigenvalue weighted by atomic mass is 16.3. The number of nitrogens with one attached hydrogen (secondary N) is 2. The van der Waals surface area contributed by atoms with Gasteiger partial charge in [0, 0.05) is 31.6 Å². The molecule has 0 bridgehead atoms. The van der Waals surface area contributed by atoms with Crippen molar-refractivity contribution in [1.82, 2.24) is 25.3 Å². The van der Waals surface area contributed by atoms with Crippen LogP contribution in [-0.2, 0) is 16.1 Å². The zero-order valence-corrected chi connectivity index (χ0v) is 21.6. The van der Waals surface area contributed by atoms with Crippen LogP contribution < -0.4 is 16.4 Å². The molecule has 1 aliphatic heterocycles. The number of carbonyl (C=O) groups is 3. The number of primary amides is 1. The summed E-state index contributed by atoms with van der Waals surface area (Å²) < 4.78 is 1.74. The Hall–Kier alpha value is -3.44. The molecule has 1 aliphatic rings. The number of likely N-dealkylation sites (tertiary alicyclic amines) is 1. The van der Waals surface area contributed by atoms with Crippen molar-refractivity contribution in [2.45, 2.75) is 58.3 Å². The zero-order chi connectivity index (χ0) is 27.1. The molecule has 1 saturated heterocycles. The van der Waals surface area contributed by atoms with Crippen molar-refractivity contribution in [1.29, 1.82) is 0 Å². The second-order valence-electron chi connectivity index (χ2n) is 9.75. The fourth-order valence-electron chi connectivity index (χ4n) is 4.88. The first-order valence-corrected chi connectivity index (χ1v) is 12.7. The molecule has 2 aromatic rings. The summed E-state index contributed by atoms with van der Waals surface area (Å²) in [5, 5.41) is 29.9. The number of hydrogen-bond donors (Lipinski definition) is 5. The molecule has 6 N–H and O–H groups in total. The van der Waals surface area contributed by atoms with Gasteiger partial charge in [-0.25, -0.2) is 4.79 Å². The number of carbonyl (C=O) groups excluding carboxylic acids is 3. The van der Waals surface area contributed by atoms with Gasteiger partial charge in [-0.1, -0.05) is 45.0 Å². The number of rotatable bonds is 11. The Morgan fingerprint density at radius 1 is 1.19 bits per heavy atom. The number of aromatic nitrogens is 2. The molecule has 11 nitrogen and oxygen atoms in total. The first-order valence-electron chi connectivity index (χ1n) is 12.7. The molecule has 202 valence electrons. The van der Waals surface area contributed by atoms with Crippen LogP contribution >= 0.6 is 0 Å². The highest BCUT2D eigenvalue weighted by molar-refractivity contribution is 5.89. The molecule has 3 rings (SSSR count). The van der Waals surface area contributed by atoms with Gasteiger partial charge in [0.05, 0.1) is 31.0 Å². The maximum absolute atomic E-state index is 13.2. The summed E-state index contributed by atoms with van der Waals surface area (Å²) in [6, 6.07) is 7.15. The lowest BCUT2D eigenvalue weighted by Gasteiger charge is -2.30. The summed E-state index contributed by atoms with van der Waals surface area (Å²) in [7, 11) is 0. The average molecular weight is 515 g/mol. The molecule has 4 amide bonds. The lowest BCUT2D eigenvalue weighted by molar-refractivity contribution is -0.143. The Bertz CT molecular complexity index is 1070. The molecule has 2 heterocycles. The van der Waals surface area contributed by atoms with Gasteiger partial charge >= 0.3 is 6.03 Å². The Morgan fingerprint density at radius 2 is 1.89 bits per heavy atom. The number of nitrogens with two attached hydrogens (primary N) is 1. The van der Waals surface area contributed by atoms with E-state index < -0.39 is 30.1 Å². The first kappa shape index (κ1) is 28.1. The summed E-state index contributed by atoms with van der Waals surface area (Å²) >= 11 is 0. The van der Waals surface area contributed by atoms with Gasteiger partial charge in [-0.15, -0.1) is 0 Å². The van der Waals surface area contributed by atoms with Crippen molar-refractivity contribution in [3.63, 3.8) is 0 Å². The molecular weight excluding hydrogens is 476 g/mol. The van der Waals surface area contributed by atoms with Gasteiger partial charge in [-0.05, 0) is 29.5 Å². The third-order valence-corrected chi connectivity index (χ3v) is 6.87. The third kappa shape index (κ3) is 6.86. The maximum Gasteiger partial charge on any atom is 0.312 e. The van der Waals surface area contributed by atoms with Crippen molar-refractivity contribution in [2.24, 2.45) is 17.6 Å². The van der Waals surface area contributed by atoms with Crippen molar-refractivity contribution >= 4 is 17.8 Å². The van der Waals surface area contributed by atoms with Crippen LogP contribution in [-0.4, -0.2) is 74.6 Å². The molecule has 0 aliphatic carbocycles. The van der Waals surface area contributed by atoms with Crippen molar-refractivity contribution in [2.75, 3.05) is 19.7 Å². The number of aliphatic hydroxyl groups is 2. The molecule has 11 heteroatoms. The Labute approximate surface area is 217 Å². The van der Waals surface area contributed by atoms with Crippen molar-refractivity contribution < 1.29 is 24.6 Å². The smallest absolute Gasteiger partial charge is 0.312 e. The van der Waals surface area contributed by atoms with Crippen LogP contribution in [0.5, 0.6) is 0 Å². The quantitative estimate of drug-likeness (QED) is 0.300. The molecule has 0 radical (unpaired) electrons. The van der Waals surface area contributed by atoms with Gasteiger partial charge < -0.3 is 31.5 Å². The number of benzene rings is 1. The van der Waals surface area contributed by atoms with E-state index in [2.05, 4.69) is 15.7 Å². The highest BCUT2D eigenvalue weighted by Crippen LogP contribution is 2.27. The summed E-state index contributed by atoms with van der Waals surface area (Å²) in [4.78, 5) is 38.7. The van der Waals surface area contributed by atoms with Gasteiger partial charge in [0.25, 0.3) is 0 Å². The Morgan fingerprint density at radius 3 is 2.49 bits per heavy atom. The van der Waals surface area contributed by atoms with Gasteiger partial charge in [0.1, 0.15) is 6.04 Å². The number of urea groups is 1. The van der Waals surface area contributed by atoms with E-state index in [9.17, 15) is 24.6 Å². The van der Waals surface area contributed by atoms with Crippen molar-refractivity contribution in [3.05, 3.63) is 42.1 Å². The monoisotopic (exact) mass is 514 g/mol. The van der Waals surface area contributed by atoms with E-state index in [1.54, 1.807) is 10.9 Å². The van der Waals surface area contributed by atoms with E-state index in [1.165, 1.54) is 4.90 Å². The maximum atomic E-state index is 13.2. The van der Waals surface area contributed by atoms with Gasteiger partial charge in [-0.3, -0.25) is 14.3 Å². The molecule has 4 atom stereocenters. The number of β-amino-alcohol motifs (C(OH)–C–C–N with tert-alkyl or cyclic N) is 1. The van der Waals surface area contributed by atoms with E-state index in [1.807, 2.05) is 51.1 Å². The largest absolute Gasteiger partial charge is 0.394 e. The van der Waals surface area contributed by atoms with Gasteiger partial charge in [0.15, 0.2) is 0 Å². The normalized spacial score (nSPS) is 19.0. The second kappa shape index (κ2) is 12.7. The fraction of sp³-hybridized carbons (Fsp3) is 0.538. The molecular formula is C26H38N6O5. The van der Waals surface area contributed by atoms with E-state index in [4.69, 9.17) is 5.73 Å². The van der Waals surface area contributed by atoms with E-state index in [0.29, 0.717) is 25.1 Å². The highest BCUT2D eigenvalue weighted by Gasteiger charge is 2.41. The zero-order valence-electron chi connectivity index (χ0n) is 21.6. The van der Waals surface area contributed by atoms with Crippen LogP contribution in [0.1, 0.15) is 45.2 Å². The molecule has 0 unspecified atom stereocenters. The van der Waals surface area contributed by atoms with E-state index in [0.717, 1.165) is 11.3 Å². The molecule has 37 heavy (non-hydrogen) atoms. The number of hydrogen-bond acceptors (Lipinski definition) is 6. The fourth-order valence-corrected chi connectivity index (χ4v) is 4.88. The number of aliphatic hydroxyl groups excluding tert-OH is 2. The Balaban J connectivity index is 1.70. The predicted molar refractivity (Wildman–Crippen MR) is 138 cm³/mol. The second-order valence-corrected chi connectivity index (χ2v) is 9.75. The molecule has 1 fully saturated rings. The molecule has 1 aromatic heterocycles. The van der Waals surface area contributed by atoms with Crippen LogP contribution in [0, 0.1) is 11.8 Å². The van der Waals surface area contributed by atoms with Crippen LogP contribution in [0.2, 0.25) is 0 Å². The lowest BCUT2D eigenvalue weighted by Crippen LogP contribution is -2.49. The van der Waals surface area contributed by atoms with Gasteiger partial charge in [-0.2, -0.15) is 5.10 Å². The lowest BCUT2D eigenvalue weighted by atomic mass is 9.91. The van der Waals surface area contributed by atoms with Crippen molar-refractivity contribution in [3.8, 4) is 11.3 Å². The van der Waals surface area contributed by atoms with E-state index >= 15 is 0 Å². The van der Waals surface area contributed by atoms with Crippen LogP contribution in [0.4, 0.5) is 4.79 Å². The molecule has 0 saturated carbocycles. The summed E-state index contributed by atoms with van der Waals surface area (Å²) in [5.41, 5.74) is 7.53. The summed E-state index contributed by atoms with van der Waals surface area (Å²) in [5.74, 6) is -0.617. The molecule has 1 aromatic carbocycles. The van der Waals surface area contributed by atoms with E-state index in [-0.39, 0.29) is 37.3 Å². The van der Waals surface area contributed by atoms with Gasteiger partial charge in [0.2, 0.25) is 11.8 Å². The SMILES string of the molecule is CC[C@H](C(=O)N1C[C@H](O)C[C@H]1C(=O)N[C@@H](CO)c1ccc(-c2ccnn2CCNC(N)=O)cc1)C(C)C.